The average molecular weight is 304 g/mol. The third-order valence-corrected chi connectivity index (χ3v) is 2.90. The SMILES string of the molecule is CC(C)N(CCCO)C(=O)Nc1ccc(C(F)(F)F)cc1. The van der Waals surface area contributed by atoms with Gasteiger partial charge in [0.1, 0.15) is 0 Å². The van der Waals surface area contributed by atoms with Gasteiger partial charge in [-0.15, -0.1) is 0 Å². The molecule has 0 radical (unpaired) electrons. The molecule has 1 rings (SSSR count). The number of amides is 2. The Morgan fingerprint density at radius 3 is 2.29 bits per heavy atom. The molecule has 0 atom stereocenters. The fourth-order valence-electron chi connectivity index (χ4n) is 1.77. The van der Waals surface area contributed by atoms with Gasteiger partial charge in [-0.3, -0.25) is 0 Å². The molecule has 0 saturated heterocycles. The van der Waals surface area contributed by atoms with Crippen molar-refractivity contribution in [2.45, 2.75) is 32.5 Å². The van der Waals surface area contributed by atoms with Crippen LogP contribution in [0.25, 0.3) is 0 Å². The number of urea groups is 1. The minimum atomic E-state index is -4.40. The Morgan fingerprint density at radius 1 is 1.29 bits per heavy atom. The van der Waals surface area contributed by atoms with E-state index in [1.807, 2.05) is 13.8 Å². The summed E-state index contributed by atoms with van der Waals surface area (Å²) in [4.78, 5) is 13.6. The van der Waals surface area contributed by atoms with E-state index in [0.717, 1.165) is 12.1 Å². The molecule has 2 amide bonds. The van der Waals surface area contributed by atoms with Gasteiger partial charge in [-0.05, 0) is 44.5 Å². The van der Waals surface area contributed by atoms with Crippen LogP contribution >= 0.6 is 0 Å². The Labute approximate surface area is 121 Å². The van der Waals surface area contributed by atoms with Crippen LogP contribution in [0, 0.1) is 0 Å². The minimum absolute atomic E-state index is 0.0310. The van der Waals surface area contributed by atoms with Crippen LogP contribution < -0.4 is 5.32 Å². The van der Waals surface area contributed by atoms with Crippen LogP contribution in [-0.4, -0.2) is 35.2 Å². The first-order valence-electron chi connectivity index (χ1n) is 6.61. The number of carbonyl (C=O) groups is 1. The number of carbonyl (C=O) groups excluding carboxylic acids is 1. The quantitative estimate of drug-likeness (QED) is 0.876. The largest absolute Gasteiger partial charge is 0.416 e. The predicted molar refractivity (Wildman–Crippen MR) is 74.0 cm³/mol. The van der Waals surface area contributed by atoms with Crippen molar-refractivity contribution in [3.05, 3.63) is 29.8 Å². The number of anilines is 1. The van der Waals surface area contributed by atoms with Gasteiger partial charge in [-0.1, -0.05) is 0 Å². The van der Waals surface area contributed by atoms with Gasteiger partial charge >= 0.3 is 12.2 Å². The minimum Gasteiger partial charge on any atom is -0.396 e. The highest BCUT2D eigenvalue weighted by Crippen LogP contribution is 2.29. The maximum Gasteiger partial charge on any atom is 0.416 e. The molecule has 0 bridgehead atoms. The average Bonchev–Trinajstić information content (AvgIpc) is 2.38. The molecule has 0 aliphatic rings. The van der Waals surface area contributed by atoms with E-state index in [0.29, 0.717) is 18.7 Å². The third-order valence-electron chi connectivity index (χ3n) is 2.90. The number of hydrogen-bond donors (Lipinski definition) is 2. The van der Waals surface area contributed by atoms with Gasteiger partial charge in [0.25, 0.3) is 0 Å². The molecule has 118 valence electrons. The molecule has 0 aliphatic carbocycles. The maximum atomic E-state index is 12.4. The lowest BCUT2D eigenvalue weighted by molar-refractivity contribution is -0.137. The zero-order valence-electron chi connectivity index (χ0n) is 11.9. The lowest BCUT2D eigenvalue weighted by atomic mass is 10.2. The third kappa shape index (κ3) is 5.26. The summed E-state index contributed by atoms with van der Waals surface area (Å²) in [5.41, 5.74) is -0.468. The highest BCUT2D eigenvalue weighted by molar-refractivity contribution is 5.89. The van der Waals surface area contributed by atoms with Gasteiger partial charge in [0.2, 0.25) is 0 Å². The van der Waals surface area contributed by atoms with Crippen molar-refractivity contribution in [3.63, 3.8) is 0 Å². The van der Waals surface area contributed by atoms with Crippen LogP contribution in [0.2, 0.25) is 0 Å². The molecule has 2 N–H and O–H groups in total. The topological polar surface area (TPSA) is 52.6 Å². The zero-order valence-corrected chi connectivity index (χ0v) is 11.9. The van der Waals surface area contributed by atoms with E-state index in [4.69, 9.17) is 5.11 Å². The van der Waals surface area contributed by atoms with E-state index in [2.05, 4.69) is 5.32 Å². The summed E-state index contributed by atoms with van der Waals surface area (Å²) >= 11 is 0. The second kappa shape index (κ2) is 7.31. The van der Waals surface area contributed by atoms with Crippen molar-refractivity contribution < 1.29 is 23.1 Å². The number of benzene rings is 1. The van der Waals surface area contributed by atoms with Crippen LogP contribution in [0.15, 0.2) is 24.3 Å². The second-order valence-electron chi connectivity index (χ2n) is 4.87. The monoisotopic (exact) mass is 304 g/mol. The van der Waals surface area contributed by atoms with Crippen LogP contribution in [0.3, 0.4) is 0 Å². The second-order valence-corrected chi connectivity index (χ2v) is 4.87. The molecule has 1 aromatic carbocycles. The number of rotatable bonds is 5. The first-order chi connectivity index (χ1) is 9.75. The molecular formula is C14H19F3N2O2. The highest BCUT2D eigenvalue weighted by Gasteiger charge is 2.30. The lowest BCUT2D eigenvalue weighted by Gasteiger charge is -2.26. The molecule has 0 spiro atoms. The summed E-state index contributed by atoms with van der Waals surface area (Å²) in [7, 11) is 0. The Bertz CT molecular complexity index is 458. The Morgan fingerprint density at radius 2 is 1.86 bits per heavy atom. The molecule has 0 fully saturated rings. The number of nitrogens with one attached hydrogen (secondary N) is 1. The van der Waals surface area contributed by atoms with E-state index >= 15 is 0 Å². The summed E-state index contributed by atoms with van der Waals surface area (Å²) in [6.45, 7) is 3.99. The van der Waals surface area contributed by atoms with Crippen LogP contribution in [0.5, 0.6) is 0 Å². The van der Waals surface area contributed by atoms with E-state index in [-0.39, 0.29) is 12.6 Å². The lowest BCUT2D eigenvalue weighted by Crippen LogP contribution is -2.40. The van der Waals surface area contributed by atoms with Crippen molar-refractivity contribution in [2.24, 2.45) is 0 Å². The summed E-state index contributed by atoms with van der Waals surface area (Å²) in [6, 6.07) is 3.78. The van der Waals surface area contributed by atoms with Crippen molar-refractivity contribution in [2.75, 3.05) is 18.5 Å². The summed E-state index contributed by atoms with van der Waals surface area (Å²) in [5, 5.41) is 11.4. The number of aliphatic hydroxyl groups excluding tert-OH is 1. The molecule has 0 unspecified atom stereocenters. The van der Waals surface area contributed by atoms with Crippen LogP contribution in [0.1, 0.15) is 25.8 Å². The molecule has 0 heterocycles. The van der Waals surface area contributed by atoms with E-state index in [1.54, 1.807) is 0 Å². The normalized spacial score (nSPS) is 11.6. The first kappa shape index (κ1) is 17.3. The highest BCUT2D eigenvalue weighted by atomic mass is 19.4. The van der Waals surface area contributed by atoms with E-state index < -0.39 is 17.8 Å². The molecule has 0 aromatic heterocycles. The van der Waals surface area contributed by atoms with Gasteiger partial charge in [-0.2, -0.15) is 13.2 Å². The van der Waals surface area contributed by atoms with Gasteiger partial charge in [0, 0.05) is 24.9 Å². The predicted octanol–water partition coefficient (Wildman–Crippen LogP) is 3.33. The molecule has 4 nitrogen and oxygen atoms in total. The summed E-state index contributed by atoms with van der Waals surface area (Å²) in [6.07, 6.45) is -3.95. The number of halogens is 3. The molecule has 1 aromatic rings. The number of hydrogen-bond acceptors (Lipinski definition) is 2. The van der Waals surface area contributed by atoms with Gasteiger partial charge in [0.05, 0.1) is 5.56 Å². The van der Waals surface area contributed by atoms with E-state index in [1.165, 1.54) is 17.0 Å². The number of nitrogens with zero attached hydrogens (tertiary/aromatic N) is 1. The van der Waals surface area contributed by atoms with Gasteiger partial charge in [-0.25, -0.2) is 4.79 Å². The maximum absolute atomic E-state index is 12.4. The van der Waals surface area contributed by atoms with Gasteiger partial charge in [0.15, 0.2) is 0 Å². The number of aliphatic hydroxyl groups is 1. The Kier molecular flexibility index (Phi) is 6.02. The molecule has 7 heteroatoms. The van der Waals surface area contributed by atoms with Gasteiger partial charge < -0.3 is 15.3 Å². The van der Waals surface area contributed by atoms with Crippen LogP contribution in [-0.2, 0) is 6.18 Å². The van der Waals surface area contributed by atoms with E-state index in [9.17, 15) is 18.0 Å². The van der Waals surface area contributed by atoms with Crippen molar-refractivity contribution in [3.8, 4) is 0 Å². The molecule has 21 heavy (non-hydrogen) atoms. The standard InChI is InChI=1S/C14H19F3N2O2/c1-10(2)19(8-3-9-20)13(21)18-12-6-4-11(5-7-12)14(15,16)17/h4-7,10,20H,3,8-9H2,1-2H3,(H,18,21). The molecule has 0 saturated carbocycles. The van der Waals surface area contributed by atoms with Crippen molar-refractivity contribution >= 4 is 11.7 Å². The molecule has 0 aliphatic heterocycles. The Balaban J connectivity index is 2.72. The summed E-state index contributed by atoms with van der Waals surface area (Å²) < 4.78 is 37.3. The summed E-state index contributed by atoms with van der Waals surface area (Å²) in [5.74, 6) is 0. The fourth-order valence-corrected chi connectivity index (χ4v) is 1.77. The fraction of sp³-hybridized carbons (Fsp3) is 0.500. The van der Waals surface area contributed by atoms with Crippen molar-refractivity contribution in [1.82, 2.24) is 4.90 Å². The molecular weight excluding hydrogens is 285 g/mol. The van der Waals surface area contributed by atoms with Crippen LogP contribution in [0.4, 0.5) is 23.7 Å². The Hall–Kier alpha value is -1.76. The number of alkyl halides is 3. The smallest absolute Gasteiger partial charge is 0.396 e. The van der Waals surface area contributed by atoms with Crippen molar-refractivity contribution in [1.29, 1.82) is 0 Å². The zero-order chi connectivity index (χ0) is 16.0. The first-order valence-corrected chi connectivity index (χ1v) is 6.61.